The molecule has 1 amide bonds. The van der Waals surface area contributed by atoms with Crippen molar-refractivity contribution in [3.05, 3.63) is 29.3 Å². The second-order valence-corrected chi connectivity index (χ2v) is 8.17. The van der Waals surface area contributed by atoms with Gasteiger partial charge in [0.1, 0.15) is 5.75 Å². The fourth-order valence-corrected chi connectivity index (χ4v) is 4.35. The molecule has 0 spiro atoms. The van der Waals surface area contributed by atoms with Gasteiger partial charge in [0.15, 0.2) is 14.6 Å². The third-order valence-corrected chi connectivity index (χ3v) is 6.54. The second-order valence-electron chi connectivity index (χ2n) is 5.84. The van der Waals surface area contributed by atoms with E-state index in [4.69, 9.17) is 4.74 Å². The van der Waals surface area contributed by atoms with Crippen molar-refractivity contribution in [3.63, 3.8) is 0 Å². The van der Waals surface area contributed by atoms with Gasteiger partial charge in [0.05, 0.1) is 7.11 Å². The van der Waals surface area contributed by atoms with Gasteiger partial charge in [-0.2, -0.15) is 0 Å². The maximum atomic E-state index is 12.6. The fraction of sp³-hybridized carbons (Fsp3) is 0.533. The van der Waals surface area contributed by atoms with E-state index >= 15 is 0 Å². The summed E-state index contributed by atoms with van der Waals surface area (Å²) in [4.78, 5) is 14.3. The molecule has 0 atom stereocenters. The van der Waals surface area contributed by atoms with Gasteiger partial charge in [0, 0.05) is 24.9 Å². The molecule has 0 aromatic heterocycles. The standard InChI is InChI=1S/C15H19NO4S/c1-20-13-5-3-4-11-6-9-16(10-12(11)13)14(17)15(7-8-15)21(2,18)19/h3-5H,6-10H2,1-2H3. The molecular formula is C15H19NO4S. The van der Waals surface area contributed by atoms with Gasteiger partial charge in [-0.1, -0.05) is 12.1 Å². The predicted molar refractivity (Wildman–Crippen MR) is 78.9 cm³/mol. The molecule has 2 aliphatic rings. The van der Waals surface area contributed by atoms with Crippen LogP contribution in [0.1, 0.15) is 24.0 Å². The number of carbonyl (C=O) groups excluding carboxylic acids is 1. The molecule has 1 fully saturated rings. The number of fused-ring (bicyclic) bond motifs is 1. The molecule has 21 heavy (non-hydrogen) atoms. The zero-order valence-electron chi connectivity index (χ0n) is 12.3. The first kappa shape index (κ1) is 14.4. The van der Waals surface area contributed by atoms with Gasteiger partial charge >= 0.3 is 0 Å². The van der Waals surface area contributed by atoms with E-state index in [-0.39, 0.29) is 5.91 Å². The van der Waals surface area contributed by atoms with Gasteiger partial charge in [0.2, 0.25) is 5.91 Å². The minimum atomic E-state index is -3.36. The highest BCUT2D eigenvalue weighted by Gasteiger charge is 2.60. The average Bonchev–Trinajstić information content (AvgIpc) is 3.26. The Labute approximate surface area is 124 Å². The largest absolute Gasteiger partial charge is 0.496 e. The van der Waals surface area contributed by atoms with Crippen molar-refractivity contribution in [2.24, 2.45) is 0 Å². The molecule has 0 saturated heterocycles. The van der Waals surface area contributed by atoms with E-state index in [1.54, 1.807) is 12.0 Å². The van der Waals surface area contributed by atoms with Gasteiger partial charge in [-0.25, -0.2) is 8.42 Å². The number of rotatable bonds is 3. The maximum absolute atomic E-state index is 12.6. The summed E-state index contributed by atoms with van der Waals surface area (Å²) in [6.07, 6.45) is 2.79. The summed E-state index contributed by atoms with van der Waals surface area (Å²) in [6, 6.07) is 5.84. The Morgan fingerprint density at radius 1 is 1.33 bits per heavy atom. The van der Waals surface area contributed by atoms with Crippen LogP contribution in [0.3, 0.4) is 0 Å². The molecular weight excluding hydrogens is 290 g/mol. The highest BCUT2D eigenvalue weighted by Crippen LogP contribution is 2.45. The zero-order chi connectivity index (χ0) is 15.3. The summed E-state index contributed by atoms with van der Waals surface area (Å²) in [5, 5.41) is 0. The van der Waals surface area contributed by atoms with Crippen LogP contribution < -0.4 is 4.74 Å². The van der Waals surface area contributed by atoms with Crippen LogP contribution in [0.15, 0.2) is 18.2 Å². The Morgan fingerprint density at radius 3 is 2.62 bits per heavy atom. The maximum Gasteiger partial charge on any atom is 0.244 e. The fourth-order valence-electron chi connectivity index (χ4n) is 3.06. The van der Waals surface area contributed by atoms with Crippen LogP contribution in [0.25, 0.3) is 0 Å². The lowest BCUT2D eigenvalue weighted by atomic mass is 9.98. The van der Waals surface area contributed by atoms with Crippen molar-refractivity contribution >= 4 is 15.7 Å². The molecule has 1 heterocycles. The van der Waals surface area contributed by atoms with Crippen LogP contribution in [-0.2, 0) is 27.6 Å². The van der Waals surface area contributed by atoms with Gasteiger partial charge in [-0.15, -0.1) is 0 Å². The molecule has 114 valence electrons. The monoisotopic (exact) mass is 309 g/mol. The Hall–Kier alpha value is -1.56. The van der Waals surface area contributed by atoms with Gasteiger partial charge in [-0.05, 0) is 30.9 Å². The number of ether oxygens (including phenoxy) is 1. The minimum absolute atomic E-state index is 0.249. The Balaban J connectivity index is 1.89. The molecule has 0 N–H and O–H groups in total. The van der Waals surface area contributed by atoms with E-state index < -0.39 is 14.6 Å². The molecule has 1 aromatic rings. The zero-order valence-corrected chi connectivity index (χ0v) is 13.1. The minimum Gasteiger partial charge on any atom is -0.496 e. The number of benzene rings is 1. The first-order valence-electron chi connectivity index (χ1n) is 7.03. The van der Waals surface area contributed by atoms with Crippen LogP contribution in [0.4, 0.5) is 0 Å². The first-order chi connectivity index (χ1) is 9.89. The molecule has 1 aliphatic carbocycles. The molecule has 6 heteroatoms. The number of carbonyl (C=O) groups is 1. The van der Waals surface area contributed by atoms with E-state index in [2.05, 4.69) is 0 Å². The van der Waals surface area contributed by atoms with Crippen molar-refractivity contribution in [2.75, 3.05) is 19.9 Å². The molecule has 0 bridgehead atoms. The van der Waals surface area contributed by atoms with E-state index in [1.807, 2.05) is 18.2 Å². The van der Waals surface area contributed by atoms with Crippen LogP contribution >= 0.6 is 0 Å². The molecule has 5 nitrogen and oxygen atoms in total. The van der Waals surface area contributed by atoms with Crippen LogP contribution in [0, 0.1) is 0 Å². The van der Waals surface area contributed by atoms with Crippen LogP contribution in [-0.4, -0.2) is 43.9 Å². The predicted octanol–water partition coefficient (Wildman–Crippen LogP) is 1.16. The Kier molecular flexibility index (Phi) is 3.24. The Bertz CT molecular complexity index is 677. The van der Waals surface area contributed by atoms with Crippen molar-refractivity contribution < 1.29 is 17.9 Å². The molecule has 3 rings (SSSR count). The molecule has 0 radical (unpaired) electrons. The number of hydrogen-bond donors (Lipinski definition) is 0. The van der Waals surface area contributed by atoms with E-state index in [1.165, 1.54) is 5.56 Å². The number of sulfone groups is 1. The summed E-state index contributed by atoms with van der Waals surface area (Å²) in [7, 11) is -1.75. The lowest BCUT2D eigenvalue weighted by molar-refractivity contribution is -0.132. The molecule has 1 saturated carbocycles. The topological polar surface area (TPSA) is 63.7 Å². The average molecular weight is 309 g/mol. The lowest BCUT2D eigenvalue weighted by Crippen LogP contribution is -2.46. The van der Waals surface area contributed by atoms with Crippen molar-refractivity contribution in [2.45, 2.75) is 30.6 Å². The molecule has 0 unspecified atom stereocenters. The summed E-state index contributed by atoms with van der Waals surface area (Å²) in [5.74, 6) is 0.510. The smallest absolute Gasteiger partial charge is 0.244 e. The van der Waals surface area contributed by atoms with Crippen molar-refractivity contribution in [1.29, 1.82) is 0 Å². The normalized spacial score (nSPS) is 19.8. The van der Waals surface area contributed by atoms with E-state index in [0.29, 0.717) is 25.9 Å². The van der Waals surface area contributed by atoms with E-state index in [9.17, 15) is 13.2 Å². The van der Waals surface area contributed by atoms with Gasteiger partial charge < -0.3 is 9.64 Å². The highest BCUT2D eigenvalue weighted by atomic mass is 32.2. The van der Waals surface area contributed by atoms with Gasteiger partial charge in [0.25, 0.3) is 0 Å². The number of hydrogen-bond acceptors (Lipinski definition) is 4. The number of nitrogens with zero attached hydrogens (tertiary/aromatic N) is 1. The van der Waals surface area contributed by atoms with Crippen LogP contribution in [0.2, 0.25) is 0 Å². The summed E-state index contributed by atoms with van der Waals surface area (Å²) in [6.45, 7) is 0.992. The lowest BCUT2D eigenvalue weighted by Gasteiger charge is -2.32. The third-order valence-electron chi connectivity index (χ3n) is 4.54. The SMILES string of the molecule is COc1cccc2c1CN(C(=O)C1(S(C)(=O)=O)CC1)CC2. The Morgan fingerprint density at radius 2 is 2.05 bits per heavy atom. The van der Waals surface area contributed by atoms with E-state index in [0.717, 1.165) is 24.0 Å². The summed E-state index contributed by atoms with van der Waals surface area (Å²) < 4.78 is 28.0. The van der Waals surface area contributed by atoms with Crippen molar-refractivity contribution in [1.82, 2.24) is 4.90 Å². The second kappa shape index (κ2) is 4.73. The molecule has 1 aliphatic heterocycles. The van der Waals surface area contributed by atoms with Crippen LogP contribution in [0.5, 0.6) is 5.75 Å². The summed E-state index contributed by atoms with van der Waals surface area (Å²) >= 11 is 0. The number of amides is 1. The quantitative estimate of drug-likeness (QED) is 0.840. The van der Waals surface area contributed by atoms with Crippen molar-refractivity contribution in [3.8, 4) is 5.75 Å². The summed E-state index contributed by atoms with van der Waals surface area (Å²) in [5.41, 5.74) is 2.16. The number of methoxy groups -OCH3 is 1. The highest BCUT2D eigenvalue weighted by molar-refractivity contribution is 7.93. The third kappa shape index (κ3) is 2.21. The van der Waals surface area contributed by atoms with Gasteiger partial charge in [-0.3, -0.25) is 4.79 Å². The first-order valence-corrected chi connectivity index (χ1v) is 8.92. The molecule has 1 aromatic carbocycles.